The summed E-state index contributed by atoms with van der Waals surface area (Å²) in [4.78, 5) is 11.9. The molecule has 2 fully saturated rings. The number of carbonyl (C=O) groups is 1. The minimum absolute atomic E-state index is 0.119. The van der Waals surface area contributed by atoms with Crippen molar-refractivity contribution >= 4 is 23.2 Å². The molecule has 3 nitrogen and oxygen atoms in total. The molecule has 0 heterocycles. The SMILES string of the molecule is O=C(NC(=S)NCC1CCCCC1)C1CCCC1. The van der Waals surface area contributed by atoms with Crippen LogP contribution in [0.3, 0.4) is 0 Å². The minimum atomic E-state index is 0.119. The van der Waals surface area contributed by atoms with E-state index in [1.54, 1.807) is 0 Å². The average Bonchev–Trinajstić information content (AvgIpc) is 2.91. The normalized spacial score (nSPS) is 21.8. The van der Waals surface area contributed by atoms with Gasteiger partial charge < -0.3 is 10.6 Å². The molecule has 2 aliphatic rings. The molecule has 0 spiro atoms. The van der Waals surface area contributed by atoms with Gasteiger partial charge in [0, 0.05) is 12.5 Å². The minimum Gasteiger partial charge on any atom is -0.362 e. The van der Waals surface area contributed by atoms with Crippen molar-refractivity contribution in [2.75, 3.05) is 6.54 Å². The summed E-state index contributed by atoms with van der Waals surface area (Å²) in [5.41, 5.74) is 0. The summed E-state index contributed by atoms with van der Waals surface area (Å²) in [5, 5.41) is 6.57. The van der Waals surface area contributed by atoms with Crippen molar-refractivity contribution in [3.8, 4) is 0 Å². The molecule has 0 aromatic carbocycles. The molecule has 0 aliphatic heterocycles. The molecule has 0 saturated heterocycles. The van der Waals surface area contributed by atoms with Crippen LogP contribution >= 0.6 is 12.2 Å². The molecule has 0 unspecified atom stereocenters. The predicted molar refractivity (Wildman–Crippen MR) is 77.3 cm³/mol. The van der Waals surface area contributed by atoms with Crippen molar-refractivity contribution in [1.82, 2.24) is 10.6 Å². The Morgan fingerprint density at radius 2 is 1.61 bits per heavy atom. The van der Waals surface area contributed by atoms with E-state index in [1.165, 1.54) is 44.9 Å². The molecule has 1 amide bonds. The van der Waals surface area contributed by atoms with Gasteiger partial charge >= 0.3 is 0 Å². The van der Waals surface area contributed by atoms with Crippen molar-refractivity contribution in [2.24, 2.45) is 11.8 Å². The van der Waals surface area contributed by atoms with Crippen molar-refractivity contribution in [1.29, 1.82) is 0 Å². The van der Waals surface area contributed by atoms with Crippen molar-refractivity contribution in [2.45, 2.75) is 57.8 Å². The molecule has 2 rings (SSSR count). The van der Waals surface area contributed by atoms with Crippen LogP contribution < -0.4 is 10.6 Å². The summed E-state index contributed by atoms with van der Waals surface area (Å²) < 4.78 is 0. The van der Waals surface area contributed by atoms with Gasteiger partial charge in [0.15, 0.2) is 5.11 Å². The van der Waals surface area contributed by atoms with Gasteiger partial charge in [0.2, 0.25) is 5.91 Å². The number of hydrogen-bond acceptors (Lipinski definition) is 2. The quantitative estimate of drug-likeness (QED) is 0.773. The molecule has 0 bridgehead atoms. The Kier molecular flexibility index (Phi) is 5.42. The van der Waals surface area contributed by atoms with Gasteiger partial charge in [-0.2, -0.15) is 0 Å². The fourth-order valence-electron chi connectivity index (χ4n) is 3.07. The molecular formula is C14H24N2OS. The number of amides is 1. The van der Waals surface area contributed by atoms with Crippen LogP contribution in [0.4, 0.5) is 0 Å². The lowest BCUT2D eigenvalue weighted by Crippen LogP contribution is -2.43. The number of rotatable bonds is 3. The molecular weight excluding hydrogens is 244 g/mol. The first-order chi connectivity index (χ1) is 8.75. The van der Waals surface area contributed by atoms with Gasteiger partial charge in [-0.15, -0.1) is 0 Å². The lowest BCUT2D eigenvalue weighted by atomic mass is 9.89. The highest BCUT2D eigenvalue weighted by atomic mass is 32.1. The van der Waals surface area contributed by atoms with Gasteiger partial charge in [-0.3, -0.25) is 4.79 Å². The van der Waals surface area contributed by atoms with E-state index < -0.39 is 0 Å². The number of nitrogens with one attached hydrogen (secondary N) is 2. The summed E-state index contributed by atoms with van der Waals surface area (Å²) in [6.07, 6.45) is 11.1. The average molecular weight is 268 g/mol. The summed E-state index contributed by atoms with van der Waals surface area (Å²) in [6.45, 7) is 0.920. The van der Waals surface area contributed by atoms with Gasteiger partial charge in [0.1, 0.15) is 0 Å². The molecule has 2 N–H and O–H groups in total. The van der Waals surface area contributed by atoms with Gasteiger partial charge in [0.05, 0.1) is 0 Å². The van der Waals surface area contributed by atoms with E-state index in [-0.39, 0.29) is 11.8 Å². The van der Waals surface area contributed by atoms with Crippen LogP contribution in [0.2, 0.25) is 0 Å². The van der Waals surface area contributed by atoms with Crippen molar-refractivity contribution < 1.29 is 4.79 Å². The maximum absolute atomic E-state index is 11.9. The zero-order valence-corrected chi connectivity index (χ0v) is 11.9. The van der Waals surface area contributed by atoms with Gasteiger partial charge in [-0.1, -0.05) is 32.1 Å². The third kappa shape index (κ3) is 4.23. The first-order valence-corrected chi connectivity index (χ1v) is 7.75. The van der Waals surface area contributed by atoms with Crippen LogP contribution in [0, 0.1) is 11.8 Å². The molecule has 18 heavy (non-hydrogen) atoms. The van der Waals surface area contributed by atoms with E-state index >= 15 is 0 Å². The third-order valence-electron chi connectivity index (χ3n) is 4.24. The van der Waals surface area contributed by atoms with E-state index in [2.05, 4.69) is 10.6 Å². The van der Waals surface area contributed by atoms with Gasteiger partial charge in [0.25, 0.3) is 0 Å². The summed E-state index contributed by atoms with van der Waals surface area (Å²) >= 11 is 5.19. The zero-order chi connectivity index (χ0) is 12.8. The van der Waals surface area contributed by atoms with Gasteiger partial charge in [-0.25, -0.2) is 0 Å². The monoisotopic (exact) mass is 268 g/mol. The Morgan fingerprint density at radius 3 is 2.28 bits per heavy atom. The van der Waals surface area contributed by atoms with E-state index in [0.717, 1.165) is 25.3 Å². The van der Waals surface area contributed by atoms with E-state index in [4.69, 9.17) is 12.2 Å². The molecule has 0 atom stereocenters. The fraction of sp³-hybridized carbons (Fsp3) is 0.857. The number of thiocarbonyl (C=S) groups is 1. The van der Waals surface area contributed by atoms with Crippen LogP contribution in [0.15, 0.2) is 0 Å². The van der Waals surface area contributed by atoms with E-state index in [0.29, 0.717) is 5.11 Å². The van der Waals surface area contributed by atoms with E-state index in [9.17, 15) is 4.79 Å². The topological polar surface area (TPSA) is 41.1 Å². The Bertz CT molecular complexity index is 294. The van der Waals surface area contributed by atoms with Crippen LogP contribution in [-0.4, -0.2) is 17.6 Å². The molecule has 0 aromatic heterocycles. The number of carbonyl (C=O) groups excluding carboxylic acids is 1. The third-order valence-corrected chi connectivity index (χ3v) is 4.49. The molecule has 2 aliphatic carbocycles. The standard InChI is InChI=1S/C14H24N2OS/c17-13(12-8-4-5-9-12)16-14(18)15-10-11-6-2-1-3-7-11/h11-12H,1-10H2,(H2,15,16,17,18). The highest BCUT2D eigenvalue weighted by Gasteiger charge is 2.23. The summed E-state index contributed by atoms with van der Waals surface area (Å²) in [5.74, 6) is 1.05. The van der Waals surface area contributed by atoms with Crippen LogP contribution in [0.1, 0.15) is 57.8 Å². The second kappa shape index (κ2) is 7.07. The number of hydrogen-bond donors (Lipinski definition) is 2. The molecule has 0 radical (unpaired) electrons. The van der Waals surface area contributed by atoms with E-state index in [1.807, 2.05) is 0 Å². The highest BCUT2D eigenvalue weighted by molar-refractivity contribution is 7.80. The highest BCUT2D eigenvalue weighted by Crippen LogP contribution is 2.24. The lowest BCUT2D eigenvalue weighted by molar-refractivity contribution is -0.123. The smallest absolute Gasteiger partial charge is 0.229 e. The lowest BCUT2D eigenvalue weighted by Gasteiger charge is -2.22. The Balaban J connectivity index is 1.63. The fourth-order valence-corrected chi connectivity index (χ4v) is 3.26. The Morgan fingerprint density at radius 1 is 1.00 bits per heavy atom. The van der Waals surface area contributed by atoms with Crippen LogP contribution in [0.25, 0.3) is 0 Å². The zero-order valence-electron chi connectivity index (χ0n) is 11.0. The Labute approximate surface area is 115 Å². The van der Waals surface area contributed by atoms with Crippen molar-refractivity contribution in [3.05, 3.63) is 0 Å². The maximum Gasteiger partial charge on any atom is 0.229 e. The maximum atomic E-state index is 11.9. The van der Waals surface area contributed by atoms with Crippen LogP contribution in [-0.2, 0) is 4.79 Å². The molecule has 4 heteroatoms. The second-order valence-electron chi connectivity index (χ2n) is 5.68. The summed E-state index contributed by atoms with van der Waals surface area (Å²) in [6, 6.07) is 0. The predicted octanol–water partition coefficient (Wildman–Crippen LogP) is 2.75. The Hall–Kier alpha value is -0.640. The van der Waals surface area contributed by atoms with Crippen LogP contribution in [0.5, 0.6) is 0 Å². The first kappa shape index (κ1) is 13.8. The summed E-state index contributed by atoms with van der Waals surface area (Å²) in [7, 11) is 0. The largest absolute Gasteiger partial charge is 0.362 e. The molecule has 2 saturated carbocycles. The molecule has 102 valence electrons. The van der Waals surface area contributed by atoms with Gasteiger partial charge in [-0.05, 0) is 43.8 Å². The van der Waals surface area contributed by atoms with Crippen molar-refractivity contribution in [3.63, 3.8) is 0 Å². The molecule has 0 aromatic rings. The first-order valence-electron chi connectivity index (χ1n) is 7.34. The second-order valence-corrected chi connectivity index (χ2v) is 6.09.